The summed E-state index contributed by atoms with van der Waals surface area (Å²) >= 11 is 0. The number of hydrogen-bond acceptors (Lipinski definition) is 4. The first-order valence-corrected chi connectivity index (χ1v) is 9.64. The Morgan fingerprint density at radius 1 is 1.07 bits per heavy atom. The van der Waals surface area contributed by atoms with Crippen molar-refractivity contribution in [2.24, 2.45) is 5.92 Å². The number of carbonyl (C=O) groups excluding carboxylic acids is 1. The normalized spacial score (nSPS) is 15.4. The van der Waals surface area contributed by atoms with E-state index in [9.17, 15) is 9.59 Å². The zero-order valence-electron chi connectivity index (χ0n) is 15.6. The number of fused-ring (bicyclic) bond motifs is 1. The Kier molecular flexibility index (Phi) is 4.84. The quantitative estimate of drug-likeness (QED) is 0.647. The summed E-state index contributed by atoms with van der Waals surface area (Å²) in [5, 5.41) is 2.03. The van der Waals surface area contributed by atoms with Crippen LogP contribution in [0, 0.1) is 5.92 Å². The van der Waals surface area contributed by atoms with Crippen molar-refractivity contribution in [2.45, 2.75) is 32.6 Å². The Labute approximate surface area is 158 Å². The van der Waals surface area contributed by atoms with Gasteiger partial charge in [0.25, 0.3) is 0 Å². The Hall–Kier alpha value is -2.82. The summed E-state index contributed by atoms with van der Waals surface area (Å²) in [6.45, 7) is 3.39. The van der Waals surface area contributed by atoms with Crippen LogP contribution in [-0.4, -0.2) is 23.5 Å². The van der Waals surface area contributed by atoms with Crippen molar-refractivity contribution in [3.05, 3.63) is 70.2 Å². The molecule has 27 heavy (non-hydrogen) atoms. The molecule has 140 valence electrons. The van der Waals surface area contributed by atoms with Crippen molar-refractivity contribution in [2.75, 3.05) is 18.1 Å². The standard InChI is InChI=1S/C22H24N2O3/c1-2-19(25)18-9-6-10-20-21(18)24(22(26)27-20)23-13-11-17(12-14-23)15-16-7-4-3-5-8-16/h3-10,17H,2,11-15H2,1H3. The lowest BCUT2D eigenvalue weighted by molar-refractivity contribution is 0.0989. The minimum Gasteiger partial charge on any atom is -0.406 e. The van der Waals surface area contributed by atoms with Gasteiger partial charge in [-0.15, -0.1) is 0 Å². The van der Waals surface area contributed by atoms with E-state index in [-0.39, 0.29) is 5.78 Å². The number of carbonyl (C=O) groups is 1. The number of Topliss-reactive ketones (excluding diaryl/α,β-unsaturated/α-hetero) is 1. The second kappa shape index (κ2) is 7.43. The summed E-state index contributed by atoms with van der Waals surface area (Å²) in [6.07, 6.45) is 3.49. The van der Waals surface area contributed by atoms with Crippen LogP contribution in [0.2, 0.25) is 0 Å². The highest BCUT2D eigenvalue weighted by atomic mass is 16.4. The van der Waals surface area contributed by atoms with E-state index in [1.807, 2.05) is 18.0 Å². The highest BCUT2D eigenvalue weighted by molar-refractivity contribution is 6.05. The second-order valence-electron chi connectivity index (χ2n) is 7.20. The van der Waals surface area contributed by atoms with Gasteiger partial charge in [0.15, 0.2) is 11.4 Å². The number of para-hydroxylation sites is 1. The second-order valence-corrected chi connectivity index (χ2v) is 7.20. The van der Waals surface area contributed by atoms with E-state index in [4.69, 9.17) is 4.42 Å². The van der Waals surface area contributed by atoms with Crippen molar-refractivity contribution in [3.63, 3.8) is 0 Å². The van der Waals surface area contributed by atoms with Crippen LogP contribution in [0.4, 0.5) is 0 Å². The van der Waals surface area contributed by atoms with Gasteiger partial charge in [-0.2, -0.15) is 4.68 Å². The smallest absolute Gasteiger partial charge is 0.406 e. The maximum Gasteiger partial charge on any atom is 0.438 e. The van der Waals surface area contributed by atoms with E-state index in [1.165, 1.54) is 5.56 Å². The predicted molar refractivity (Wildman–Crippen MR) is 106 cm³/mol. The summed E-state index contributed by atoms with van der Waals surface area (Å²) in [6, 6.07) is 15.8. The Morgan fingerprint density at radius 3 is 2.52 bits per heavy atom. The molecular formula is C22H24N2O3. The molecule has 0 atom stereocenters. The molecule has 0 N–H and O–H groups in total. The minimum atomic E-state index is -0.414. The van der Waals surface area contributed by atoms with E-state index in [0.717, 1.165) is 32.4 Å². The van der Waals surface area contributed by atoms with Gasteiger partial charge in [0.1, 0.15) is 5.52 Å². The molecule has 0 amide bonds. The van der Waals surface area contributed by atoms with Gasteiger partial charge in [0, 0.05) is 25.1 Å². The van der Waals surface area contributed by atoms with E-state index in [2.05, 4.69) is 24.3 Å². The number of aromatic nitrogens is 1. The van der Waals surface area contributed by atoms with Crippen molar-refractivity contribution in [1.29, 1.82) is 0 Å². The average Bonchev–Trinajstić information content (AvgIpc) is 3.04. The molecular weight excluding hydrogens is 340 g/mol. The van der Waals surface area contributed by atoms with Crippen LogP contribution < -0.4 is 10.8 Å². The SMILES string of the molecule is CCC(=O)c1cccc2oc(=O)n(N3CCC(Cc4ccccc4)CC3)c12. The molecule has 4 rings (SSSR count). The van der Waals surface area contributed by atoms with E-state index in [1.54, 1.807) is 22.9 Å². The fraction of sp³-hybridized carbons (Fsp3) is 0.364. The Balaban J connectivity index is 1.58. The molecule has 0 aliphatic carbocycles. The molecule has 0 radical (unpaired) electrons. The van der Waals surface area contributed by atoms with Crippen LogP contribution in [0.25, 0.3) is 11.1 Å². The zero-order chi connectivity index (χ0) is 18.8. The van der Waals surface area contributed by atoms with Gasteiger partial charge in [0.2, 0.25) is 0 Å². The monoisotopic (exact) mass is 364 g/mol. The fourth-order valence-corrected chi connectivity index (χ4v) is 3.99. The van der Waals surface area contributed by atoms with Crippen LogP contribution >= 0.6 is 0 Å². The molecule has 0 unspecified atom stereocenters. The predicted octanol–water partition coefficient (Wildman–Crippen LogP) is 3.78. The van der Waals surface area contributed by atoms with Crippen LogP contribution in [0.15, 0.2) is 57.7 Å². The first-order valence-electron chi connectivity index (χ1n) is 9.64. The number of rotatable bonds is 5. The largest absolute Gasteiger partial charge is 0.438 e. The number of hydrogen-bond donors (Lipinski definition) is 0. The first-order chi connectivity index (χ1) is 13.2. The molecule has 5 nitrogen and oxygen atoms in total. The first kappa shape index (κ1) is 17.6. The molecule has 0 spiro atoms. The van der Waals surface area contributed by atoms with Gasteiger partial charge in [-0.1, -0.05) is 43.3 Å². The maximum atomic E-state index is 12.5. The van der Waals surface area contributed by atoms with Gasteiger partial charge in [-0.3, -0.25) is 4.79 Å². The van der Waals surface area contributed by atoms with Crippen molar-refractivity contribution in [1.82, 2.24) is 4.68 Å². The fourth-order valence-electron chi connectivity index (χ4n) is 3.99. The molecule has 0 saturated carbocycles. The summed E-state index contributed by atoms with van der Waals surface area (Å²) < 4.78 is 7.00. The van der Waals surface area contributed by atoms with Gasteiger partial charge < -0.3 is 9.43 Å². The van der Waals surface area contributed by atoms with E-state index < -0.39 is 5.76 Å². The molecule has 1 saturated heterocycles. The lowest BCUT2D eigenvalue weighted by atomic mass is 9.91. The topological polar surface area (TPSA) is 55.5 Å². The third-order valence-electron chi connectivity index (χ3n) is 5.44. The summed E-state index contributed by atoms with van der Waals surface area (Å²) in [5.41, 5.74) is 3.01. The number of oxazole rings is 1. The molecule has 1 fully saturated rings. The molecule has 1 aromatic heterocycles. The van der Waals surface area contributed by atoms with Crippen molar-refractivity contribution >= 4 is 16.9 Å². The number of benzene rings is 2. The van der Waals surface area contributed by atoms with Gasteiger partial charge in [-0.05, 0) is 42.9 Å². The maximum absolute atomic E-state index is 12.5. The minimum absolute atomic E-state index is 0.0223. The molecule has 1 aliphatic rings. The zero-order valence-corrected chi connectivity index (χ0v) is 15.6. The van der Waals surface area contributed by atoms with Crippen molar-refractivity contribution < 1.29 is 9.21 Å². The highest BCUT2D eigenvalue weighted by Gasteiger charge is 2.25. The average molecular weight is 364 g/mol. The van der Waals surface area contributed by atoms with Gasteiger partial charge in [-0.25, -0.2) is 4.79 Å². The summed E-state index contributed by atoms with van der Waals surface area (Å²) in [7, 11) is 0. The summed E-state index contributed by atoms with van der Waals surface area (Å²) in [5.74, 6) is 0.214. The molecule has 5 heteroatoms. The van der Waals surface area contributed by atoms with Gasteiger partial charge in [0.05, 0.1) is 0 Å². The molecule has 1 aliphatic heterocycles. The number of piperidine rings is 1. The van der Waals surface area contributed by atoms with Crippen LogP contribution in [-0.2, 0) is 6.42 Å². The third-order valence-corrected chi connectivity index (χ3v) is 5.44. The lowest BCUT2D eigenvalue weighted by Crippen LogP contribution is -2.46. The molecule has 2 aromatic carbocycles. The van der Waals surface area contributed by atoms with E-state index in [0.29, 0.717) is 29.0 Å². The van der Waals surface area contributed by atoms with Gasteiger partial charge >= 0.3 is 5.76 Å². The van der Waals surface area contributed by atoms with E-state index >= 15 is 0 Å². The van der Waals surface area contributed by atoms with Crippen LogP contribution in [0.1, 0.15) is 42.1 Å². The van der Waals surface area contributed by atoms with Crippen molar-refractivity contribution in [3.8, 4) is 0 Å². The highest BCUT2D eigenvalue weighted by Crippen LogP contribution is 2.24. The molecule has 2 heterocycles. The third kappa shape index (κ3) is 3.42. The van der Waals surface area contributed by atoms with Crippen LogP contribution in [0.3, 0.4) is 0 Å². The Bertz CT molecular complexity index is 995. The number of nitrogens with zero attached hydrogens (tertiary/aromatic N) is 2. The van der Waals surface area contributed by atoms with Crippen LogP contribution in [0.5, 0.6) is 0 Å². The molecule has 0 bridgehead atoms. The lowest BCUT2D eigenvalue weighted by Gasteiger charge is -2.33. The molecule has 3 aromatic rings. The summed E-state index contributed by atoms with van der Waals surface area (Å²) in [4.78, 5) is 24.9. The number of ketones is 1. The Morgan fingerprint density at radius 2 is 1.81 bits per heavy atom.